The molecule has 16 heavy (non-hydrogen) atoms. The summed E-state index contributed by atoms with van der Waals surface area (Å²) in [5.41, 5.74) is 6.17. The van der Waals surface area contributed by atoms with E-state index < -0.39 is 0 Å². The lowest BCUT2D eigenvalue weighted by atomic mass is 10.1. The second kappa shape index (κ2) is 3.58. The number of aromatic nitrogens is 3. The van der Waals surface area contributed by atoms with Crippen molar-refractivity contribution in [2.45, 2.75) is 41.2 Å². The first kappa shape index (κ1) is 11.1. The largest absolute Gasteiger partial charge is 0.302 e. The third kappa shape index (κ3) is 1.27. The highest BCUT2D eigenvalue weighted by Gasteiger charge is 2.22. The SMILES string of the molecule is CC[n+]1c(C)n(C)c2c(C)c(C)c(C)nc21. The van der Waals surface area contributed by atoms with Crippen LogP contribution in [-0.4, -0.2) is 9.55 Å². The third-order valence-corrected chi connectivity index (χ3v) is 3.73. The van der Waals surface area contributed by atoms with Crippen molar-refractivity contribution in [2.24, 2.45) is 7.05 Å². The molecule has 3 heteroatoms. The average Bonchev–Trinajstić information content (AvgIpc) is 2.48. The number of aryl methyl sites for hydroxylation is 4. The zero-order valence-electron chi connectivity index (χ0n) is 11.0. The Kier molecular flexibility index (Phi) is 2.49. The molecule has 3 nitrogen and oxygen atoms in total. The Morgan fingerprint density at radius 1 is 1.12 bits per heavy atom. The second-order valence-electron chi connectivity index (χ2n) is 4.47. The Balaban J connectivity index is 3.01. The molecule has 0 aliphatic rings. The molecule has 0 N–H and O–H groups in total. The van der Waals surface area contributed by atoms with Crippen molar-refractivity contribution < 1.29 is 4.57 Å². The van der Waals surface area contributed by atoms with Crippen molar-refractivity contribution in [1.29, 1.82) is 0 Å². The molecule has 0 amide bonds. The summed E-state index contributed by atoms with van der Waals surface area (Å²) in [4.78, 5) is 4.73. The van der Waals surface area contributed by atoms with Crippen LogP contribution in [0.15, 0.2) is 0 Å². The molecule has 2 aromatic heterocycles. The topological polar surface area (TPSA) is 21.7 Å². The molecule has 0 aliphatic heterocycles. The molecular weight excluding hydrogens is 198 g/mol. The van der Waals surface area contributed by atoms with Gasteiger partial charge in [0.05, 0.1) is 13.6 Å². The van der Waals surface area contributed by atoms with E-state index in [1.165, 1.54) is 22.5 Å². The molecule has 2 aromatic rings. The van der Waals surface area contributed by atoms with Crippen LogP contribution in [0.5, 0.6) is 0 Å². The molecule has 0 aliphatic carbocycles. The van der Waals surface area contributed by atoms with E-state index in [0.29, 0.717) is 0 Å². The lowest BCUT2D eigenvalue weighted by Crippen LogP contribution is -2.35. The van der Waals surface area contributed by atoms with Crippen LogP contribution in [-0.2, 0) is 13.6 Å². The Labute approximate surface area is 96.7 Å². The van der Waals surface area contributed by atoms with Crippen molar-refractivity contribution in [3.63, 3.8) is 0 Å². The van der Waals surface area contributed by atoms with E-state index in [9.17, 15) is 0 Å². The highest BCUT2D eigenvalue weighted by atomic mass is 15.2. The highest BCUT2D eigenvalue weighted by molar-refractivity contribution is 5.74. The lowest BCUT2D eigenvalue weighted by molar-refractivity contribution is -0.676. The zero-order chi connectivity index (χ0) is 12.0. The number of pyridine rings is 1. The first-order valence-corrected chi connectivity index (χ1v) is 5.81. The van der Waals surface area contributed by atoms with Gasteiger partial charge in [0, 0.05) is 12.5 Å². The Morgan fingerprint density at radius 2 is 1.75 bits per heavy atom. The van der Waals surface area contributed by atoms with E-state index in [2.05, 4.69) is 50.8 Å². The van der Waals surface area contributed by atoms with Gasteiger partial charge in [-0.05, 0) is 33.3 Å². The maximum absolute atomic E-state index is 4.73. The fourth-order valence-electron chi connectivity index (χ4n) is 2.38. The summed E-state index contributed by atoms with van der Waals surface area (Å²) in [7, 11) is 2.12. The minimum absolute atomic E-state index is 0.970. The molecule has 2 rings (SSSR count). The summed E-state index contributed by atoms with van der Waals surface area (Å²) in [5.74, 6) is 1.26. The van der Waals surface area contributed by atoms with Crippen molar-refractivity contribution in [2.75, 3.05) is 0 Å². The zero-order valence-corrected chi connectivity index (χ0v) is 11.0. The minimum atomic E-state index is 0.970. The van der Waals surface area contributed by atoms with Gasteiger partial charge in [0.25, 0.3) is 0 Å². The van der Waals surface area contributed by atoms with Crippen LogP contribution in [0.25, 0.3) is 11.2 Å². The Hall–Kier alpha value is -1.38. The molecule has 0 saturated carbocycles. The summed E-state index contributed by atoms with van der Waals surface area (Å²) >= 11 is 0. The second-order valence-corrected chi connectivity index (χ2v) is 4.47. The highest BCUT2D eigenvalue weighted by Crippen LogP contribution is 2.21. The summed E-state index contributed by atoms with van der Waals surface area (Å²) in [5, 5.41) is 0. The van der Waals surface area contributed by atoms with E-state index in [1.807, 2.05) is 0 Å². The first-order valence-electron chi connectivity index (χ1n) is 5.81. The van der Waals surface area contributed by atoms with Crippen molar-refractivity contribution >= 4 is 11.2 Å². The summed E-state index contributed by atoms with van der Waals surface area (Å²) in [6, 6.07) is 0. The van der Waals surface area contributed by atoms with Crippen LogP contribution < -0.4 is 4.57 Å². The van der Waals surface area contributed by atoms with Crippen molar-refractivity contribution in [1.82, 2.24) is 9.55 Å². The lowest BCUT2D eigenvalue weighted by Gasteiger charge is -2.01. The fourth-order valence-corrected chi connectivity index (χ4v) is 2.38. The smallest absolute Gasteiger partial charge is 0.260 e. The molecule has 0 bridgehead atoms. The molecule has 0 spiro atoms. The first-order chi connectivity index (χ1) is 7.49. The maximum Gasteiger partial charge on any atom is 0.302 e. The number of rotatable bonds is 1. The number of hydrogen-bond acceptors (Lipinski definition) is 1. The summed E-state index contributed by atoms with van der Waals surface area (Å²) < 4.78 is 4.52. The van der Waals surface area contributed by atoms with Gasteiger partial charge in [0.1, 0.15) is 5.69 Å². The number of fused-ring (bicyclic) bond motifs is 1. The Morgan fingerprint density at radius 3 is 2.31 bits per heavy atom. The summed E-state index contributed by atoms with van der Waals surface area (Å²) in [6.07, 6.45) is 0. The van der Waals surface area contributed by atoms with Gasteiger partial charge in [0.15, 0.2) is 5.52 Å². The van der Waals surface area contributed by atoms with Gasteiger partial charge in [-0.15, -0.1) is 4.98 Å². The van der Waals surface area contributed by atoms with Crippen LogP contribution in [0.1, 0.15) is 29.6 Å². The molecule has 0 aromatic carbocycles. The van der Waals surface area contributed by atoms with Crippen molar-refractivity contribution in [3.05, 3.63) is 22.6 Å². The van der Waals surface area contributed by atoms with Crippen LogP contribution in [0.4, 0.5) is 0 Å². The van der Waals surface area contributed by atoms with Crippen LogP contribution in [0.3, 0.4) is 0 Å². The van der Waals surface area contributed by atoms with Gasteiger partial charge in [-0.3, -0.25) is 4.57 Å². The summed E-state index contributed by atoms with van der Waals surface area (Å²) in [6.45, 7) is 11.7. The van der Waals surface area contributed by atoms with Crippen LogP contribution in [0, 0.1) is 27.7 Å². The van der Waals surface area contributed by atoms with E-state index >= 15 is 0 Å². The standard InChI is InChI=1S/C13H20N3/c1-7-16-11(5)15(6)12-9(3)8(2)10(4)14-13(12)16/h7H2,1-6H3/q+1. The van der Waals surface area contributed by atoms with E-state index in [-0.39, 0.29) is 0 Å². The molecule has 0 saturated heterocycles. The molecule has 0 fully saturated rings. The van der Waals surface area contributed by atoms with E-state index in [1.54, 1.807) is 0 Å². The van der Waals surface area contributed by atoms with Gasteiger partial charge in [-0.25, -0.2) is 4.57 Å². The van der Waals surface area contributed by atoms with E-state index in [4.69, 9.17) is 4.98 Å². The van der Waals surface area contributed by atoms with Crippen molar-refractivity contribution in [3.8, 4) is 0 Å². The van der Waals surface area contributed by atoms with Gasteiger partial charge in [0.2, 0.25) is 5.82 Å². The predicted octanol–water partition coefficient (Wildman–Crippen LogP) is 2.11. The average molecular weight is 218 g/mol. The maximum atomic E-state index is 4.73. The van der Waals surface area contributed by atoms with E-state index in [0.717, 1.165) is 17.9 Å². The van der Waals surface area contributed by atoms with Crippen LogP contribution in [0.2, 0.25) is 0 Å². The minimum Gasteiger partial charge on any atom is -0.260 e. The predicted molar refractivity (Wildman–Crippen MR) is 65.5 cm³/mol. The van der Waals surface area contributed by atoms with Gasteiger partial charge in [-0.1, -0.05) is 0 Å². The number of hydrogen-bond donors (Lipinski definition) is 0. The molecule has 86 valence electrons. The molecule has 0 unspecified atom stereocenters. The van der Waals surface area contributed by atoms with Gasteiger partial charge >= 0.3 is 5.65 Å². The third-order valence-electron chi connectivity index (χ3n) is 3.73. The van der Waals surface area contributed by atoms with Crippen LogP contribution >= 0.6 is 0 Å². The molecule has 2 heterocycles. The van der Waals surface area contributed by atoms with Gasteiger partial charge in [-0.2, -0.15) is 0 Å². The monoisotopic (exact) mass is 218 g/mol. The fraction of sp³-hybridized carbons (Fsp3) is 0.538. The molecular formula is C13H20N3+. The molecule has 0 radical (unpaired) electrons. The number of nitrogens with zero attached hydrogens (tertiary/aromatic N) is 3. The quantitative estimate of drug-likeness (QED) is 0.672. The number of imidazole rings is 1. The van der Waals surface area contributed by atoms with Gasteiger partial charge < -0.3 is 0 Å². The Bertz CT molecular complexity index is 565. The normalized spacial score (nSPS) is 11.4. The molecule has 0 atom stereocenters.